The lowest BCUT2D eigenvalue weighted by atomic mass is 9.98. The molecule has 0 amide bonds. The second-order valence-electron chi connectivity index (χ2n) is 4.38. The number of hydrogen-bond acceptors (Lipinski definition) is 4. The molecule has 1 aromatic heterocycles. The summed E-state index contributed by atoms with van der Waals surface area (Å²) in [5, 5.41) is 6.90. The smallest absolute Gasteiger partial charge is 0.213 e. The van der Waals surface area contributed by atoms with Crippen molar-refractivity contribution < 1.29 is 9.53 Å². The van der Waals surface area contributed by atoms with Crippen molar-refractivity contribution in [2.24, 2.45) is 0 Å². The molecule has 1 aromatic carbocycles. The van der Waals surface area contributed by atoms with Crippen molar-refractivity contribution >= 4 is 45.3 Å². The third-order valence-corrected chi connectivity index (χ3v) is 4.51. The normalized spacial score (nSPS) is 18.3. The van der Waals surface area contributed by atoms with Gasteiger partial charge in [-0.1, -0.05) is 12.1 Å². The second kappa shape index (κ2) is 5.57. The van der Waals surface area contributed by atoms with Gasteiger partial charge in [0.25, 0.3) is 0 Å². The molecule has 0 spiro atoms. The van der Waals surface area contributed by atoms with Crippen LogP contribution < -0.4 is 5.32 Å². The lowest BCUT2D eigenvalue weighted by molar-refractivity contribution is -0.120. The quantitative estimate of drug-likeness (QED) is 0.805. The number of Topliss-reactive ketones (excluding diaryl/α,β-unsaturated/α-hetero) is 1. The number of thiophene rings is 1. The first-order valence-corrected chi connectivity index (χ1v) is 8.14. The number of nitrogens with one attached hydrogen (secondary N) is 1. The first-order valence-electron chi connectivity index (χ1n) is 6.11. The number of ketones is 1. The Labute approximate surface area is 134 Å². The number of benzene rings is 1. The van der Waals surface area contributed by atoms with Crippen molar-refractivity contribution in [3.8, 4) is 0 Å². The molecule has 0 radical (unpaired) electrons. The van der Waals surface area contributed by atoms with Crippen molar-refractivity contribution in [1.82, 2.24) is 5.32 Å². The molecule has 5 heteroatoms. The fourth-order valence-electron chi connectivity index (χ4n) is 2.22. The van der Waals surface area contributed by atoms with E-state index in [4.69, 9.17) is 4.74 Å². The first kappa shape index (κ1) is 13.6. The topological polar surface area (TPSA) is 38.3 Å². The van der Waals surface area contributed by atoms with E-state index in [-0.39, 0.29) is 5.78 Å². The fourth-order valence-corrected chi connectivity index (χ4v) is 3.43. The van der Waals surface area contributed by atoms with Crippen molar-refractivity contribution in [2.45, 2.75) is 6.10 Å². The van der Waals surface area contributed by atoms with Gasteiger partial charge in [0.2, 0.25) is 5.78 Å². The van der Waals surface area contributed by atoms with Crippen LogP contribution in [0, 0.1) is 3.57 Å². The average Bonchev–Trinajstić information content (AvgIpc) is 3.05. The van der Waals surface area contributed by atoms with Crippen LogP contribution in [0.4, 0.5) is 0 Å². The molecule has 0 aliphatic carbocycles. The van der Waals surface area contributed by atoms with Crippen LogP contribution in [-0.4, -0.2) is 12.8 Å². The largest absolute Gasteiger partial charge is 0.462 e. The highest BCUT2D eigenvalue weighted by Crippen LogP contribution is 2.37. The Morgan fingerprint density at radius 1 is 1.35 bits per heavy atom. The van der Waals surface area contributed by atoms with Crippen LogP contribution in [0.25, 0.3) is 5.57 Å². The van der Waals surface area contributed by atoms with Crippen LogP contribution in [0.2, 0.25) is 0 Å². The van der Waals surface area contributed by atoms with E-state index < -0.39 is 6.10 Å². The van der Waals surface area contributed by atoms with E-state index in [1.54, 1.807) is 18.4 Å². The zero-order valence-electron chi connectivity index (χ0n) is 10.7. The summed E-state index contributed by atoms with van der Waals surface area (Å²) in [5.41, 5.74) is 2.43. The molecule has 1 aliphatic rings. The Morgan fingerprint density at radius 3 is 2.85 bits per heavy atom. The van der Waals surface area contributed by atoms with Gasteiger partial charge in [-0.05, 0) is 57.1 Å². The van der Waals surface area contributed by atoms with Gasteiger partial charge < -0.3 is 10.1 Å². The molecule has 1 N–H and O–H groups in total. The number of halogens is 1. The van der Waals surface area contributed by atoms with Crippen molar-refractivity contribution in [3.05, 3.63) is 61.7 Å². The third kappa shape index (κ3) is 2.35. The molecule has 2 heterocycles. The minimum Gasteiger partial charge on any atom is -0.462 e. The van der Waals surface area contributed by atoms with Gasteiger partial charge in [-0.25, -0.2) is 0 Å². The highest BCUT2D eigenvalue weighted by Gasteiger charge is 2.36. The zero-order chi connectivity index (χ0) is 14.1. The van der Waals surface area contributed by atoms with E-state index in [9.17, 15) is 4.79 Å². The predicted molar refractivity (Wildman–Crippen MR) is 88.3 cm³/mol. The lowest BCUT2D eigenvalue weighted by Gasteiger charge is -2.09. The molecular formula is C15H12INO2S. The lowest BCUT2D eigenvalue weighted by Crippen LogP contribution is -2.09. The summed E-state index contributed by atoms with van der Waals surface area (Å²) in [7, 11) is 1.77. The number of hydrogen-bond donors (Lipinski definition) is 1. The molecule has 1 unspecified atom stereocenters. The van der Waals surface area contributed by atoms with E-state index in [1.807, 2.05) is 41.1 Å². The van der Waals surface area contributed by atoms with E-state index >= 15 is 0 Å². The Balaban J connectivity index is 2.02. The summed E-state index contributed by atoms with van der Waals surface area (Å²) in [6, 6.07) is 9.80. The van der Waals surface area contributed by atoms with Crippen molar-refractivity contribution in [1.29, 1.82) is 0 Å². The summed E-state index contributed by atoms with van der Waals surface area (Å²) >= 11 is 3.80. The maximum atomic E-state index is 12.7. The van der Waals surface area contributed by atoms with Gasteiger partial charge in [0.15, 0.2) is 12.0 Å². The Hall–Kier alpha value is -1.34. The molecule has 3 rings (SSSR count). The highest BCUT2D eigenvalue weighted by atomic mass is 127. The van der Waals surface area contributed by atoms with Crippen LogP contribution in [0.15, 0.2) is 47.0 Å². The van der Waals surface area contributed by atoms with Crippen molar-refractivity contribution in [3.63, 3.8) is 0 Å². The van der Waals surface area contributed by atoms with Crippen LogP contribution >= 0.6 is 33.9 Å². The Morgan fingerprint density at radius 2 is 2.20 bits per heavy atom. The van der Waals surface area contributed by atoms with Crippen LogP contribution in [0.3, 0.4) is 0 Å². The third-order valence-electron chi connectivity index (χ3n) is 3.13. The molecule has 1 atom stereocenters. The first-order chi connectivity index (χ1) is 9.70. The Bertz CT molecular complexity index is 679. The average molecular weight is 397 g/mol. The maximum Gasteiger partial charge on any atom is 0.213 e. The van der Waals surface area contributed by atoms with E-state index in [2.05, 4.69) is 27.9 Å². The molecule has 0 saturated carbocycles. The van der Waals surface area contributed by atoms with Gasteiger partial charge >= 0.3 is 0 Å². The van der Waals surface area contributed by atoms with Crippen LogP contribution in [-0.2, 0) is 9.53 Å². The molecule has 0 fully saturated rings. The molecular weight excluding hydrogens is 385 g/mol. The molecule has 2 aromatic rings. The van der Waals surface area contributed by atoms with E-state index in [1.165, 1.54) is 0 Å². The predicted octanol–water partition coefficient (Wildman–Crippen LogP) is 3.58. The van der Waals surface area contributed by atoms with Gasteiger partial charge in [0.05, 0.1) is 5.57 Å². The standard InChI is InChI=1S/C15H12INO2S/c1-17-15-12(9-3-2-4-11(16)7-9)13(18)14(19-15)10-5-6-20-8-10/h2-8,14,17H,1H3. The number of ether oxygens (including phenoxy) is 1. The summed E-state index contributed by atoms with van der Waals surface area (Å²) in [5.74, 6) is 0.558. The number of carbonyl (C=O) groups excluding carboxylic acids is 1. The molecule has 3 nitrogen and oxygen atoms in total. The molecule has 0 bridgehead atoms. The zero-order valence-corrected chi connectivity index (χ0v) is 13.7. The number of carbonyl (C=O) groups is 1. The highest BCUT2D eigenvalue weighted by molar-refractivity contribution is 14.1. The van der Waals surface area contributed by atoms with E-state index in [0.717, 1.165) is 14.7 Å². The maximum absolute atomic E-state index is 12.7. The van der Waals surface area contributed by atoms with Gasteiger partial charge in [-0.2, -0.15) is 11.3 Å². The fraction of sp³-hybridized carbons (Fsp3) is 0.133. The molecule has 102 valence electrons. The molecule has 20 heavy (non-hydrogen) atoms. The van der Waals surface area contributed by atoms with Gasteiger partial charge in [0.1, 0.15) is 0 Å². The van der Waals surface area contributed by atoms with Gasteiger partial charge in [-0.3, -0.25) is 4.79 Å². The SMILES string of the molecule is CNC1=C(c2cccc(I)c2)C(=O)C(c2ccsc2)O1. The Kier molecular flexibility index (Phi) is 3.80. The van der Waals surface area contributed by atoms with Crippen molar-refractivity contribution in [2.75, 3.05) is 7.05 Å². The van der Waals surface area contributed by atoms with Crippen LogP contribution in [0.5, 0.6) is 0 Å². The monoisotopic (exact) mass is 397 g/mol. The summed E-state index contributed by atoms with van der Waals surface area (Å²) in [4.78, 5) is 12.7. The molecule has 0 saturated heterocycles. The van der Waals surface area contributed by atoms with E-state index in [0.29, 0.717) is 11.5 Å². The minimum atomic E-state index is -0.531. The van der Waals surface area contributed by atoms with Gasteiger partial charge in [-0.15, -0.1) is 0 Å². The molecule has 1 aliphatic heterocycles. The summed E-state index contributed by atoms with van der Waals surface area (Å²) in [6.45, 7) is 0. The van der Waals surface area contributed by atoms with Crippen LogP contribution in [0.1, 0.15) is 17.2 Å². The minimum absolute atomic E-state index is 0.00903. The van der Waals surface area contributed by atoms with Gasteiger partial charge in [0, 0.05) is 16.2 Å². The summed E-state index contributed by atoms with van der Waals surface area (Å²) < 4.78 is 6.89. The second-order valence-corrected chi connectivity index (χ2v) is 6.41. The number of rotatable bonds is 3. The summed E-state index contributed by atoms with van der Waals surface area (Å²) in [6.07, 6.45) is -0.531.